The average Bonchev–Trinajstić information content (AvgIpc) is 3.37. The van der Waals surface area contributed by atoms with E-state index < -0.39 is 0 Å². The summed E-state index contributed by atoms with van der Waals surface area (Å²) < 4.78 is 6.01. The van der Waals surface area contributed by atoms with Gasteiger partial charge in [0.1, 0.15) is 12.4 Å². The van der Waals surface area contributed by atoms with Crippen LogP contribution >= 0.6 is 0 Å². The minimum atomic E-state index is -0.106. The number of likely N-dealkylation sites (N-methyl/N-ethyl adjacent to an activating group) is 1. The number of aliphatic hydroxyl groups is 1. The maximum absolute atomic E-state index is 12.6. The highest BCUT2D eigenvalue weighted by Gasteiger charge is 2.32. The molecule has 32 heavy (non-hydrogen) atoms. The minimum absolute atomic E-state index is 0.106. The Kier molecular flexibility index (Phi) is 7.25. The lowest BCUT2D eigenvalue weighted by molar-refractivity contribution is -0.110. The van der Waals surface area contributed by atoms with Gasteiger partial charge in [-0.3, -0.25) is 9.69 Å². The molecule has 0 bridgehead atoms. The average molecular weight is 436 g/mol. The monoisotopic (exact) mass is 435 g/mol. The van der Waals surface area contributed by atoms with Crippen LogP contribution in [0.4, 0.5) is 5.69 Å². The van der Waals surface area contributed by atoms with Crippen LogP contribution in [0.15, 0.2) is 42.5 Å². The van der Waals surface area contributed by atoms with Crippen LogP contribution in [0, 0.1) is 0 Å². The van der Waals surface area contributed by atoms with Gasteiger partial charge in [0.25, 0.3) is 5.91 Å². The first-order valence-electron chi connectivity index (χ1n) is 11.6. The van der Waals surface area contributed by atoms with Crippen LogP contribution in [0.2, 0.25) is 0 Å². The number of carbonyl (C=O) groups excluding carboxylic acids is 1. The van der Waals surface area contributed by atoms with E-state index in [0.29, 0.717) is 24.5 Å². The van der Waals surface area contributed by atoms with Gasteiger partial charge < -0.3 is 20.1 Å². The van der Waals surface area contributed by atoms with Crippen molar-refractivity contribution in [3.63, 3.8) is 0 Å². The van der Waals surface area contributed by atoms with Gasteiger partial charge in [-0.2, -0.15) is 0 Å². The molecular weight excluding hydrogens is 402 g/mol. The zero-order valence-corrected chi connectivity index (χ0v) is 19.1. The molecule has 6 nitrogen and oxygen atoms in total. The fourth-order valence-corrected chi connectivity index (χ4v) is 4.51. The van der Waals surface area contributed by atoms with Crippen molar-refractivity contribution in [2.24, 2.45) is 0 Å². The van der Waals surface area contributed by atoms with Gasteiger partial charge in [-0.05, 0) is 31.1 Å². The number of benzene rings is 2. The zero-order chi connectivity index (χ0) is 22.5. The summed E-state index contributed by atoms with van der Waals surface area (Å²) >= 11 is 0. The number of hydrogen-bond donors (Lipinski definition) is 2. The third kappa shape index (κ3) is 4.72. The number of carbonyl (C=O) groups is 1. The second-order valence-corrected chi connectivity index (χ2v) is 8.33. The summed E-state index contributed by atoms with van der Waals surface area (Å²) in [5.74, 6) is 0.570. The molecule has 4 rings (SSSR count). The number of aliphatic hydroxyl groups excluding tert-OH is 1. The van der Waals surface area contributed by atoms with Gasteiger partial charge in [-0.25, -0.2) is 0 Å². The molecule has 0 fully saturated rings. The van der Waals surface area contributed by atoms with Crippen molar-refractivity contribution < 1.29 is 14.6 Å². The van der Waals surface area contributed by atoms with Gasteiger partial charge in [-0.15, -0.1) is 0 Å². The smallest absolute Gasteiger partial charge is 0.260 e. The van der Waals surface area contributed by atoms with Crippen LogP contribution in [0.5, 0.6) is 0 Å². The minimum Gasteiger partial charge on any atom is -0.487 e. The molecule has 1 amide bonds. The molecule has 0 aliphatic carbocycles. The lowest BCUT2D eigenvalue weighted by Crippen LogP contribution is -2.37. The molecular formula is C26H33N3O3. The maximum atomic E-state index is 12.6. The molecule has 0 atom stereocenters. The Morgan fingerprint density at radius 3 is 2.53 bits per heavy atom. The lowest BCUT2D eigenvalue weighted by Gasteiger charge is -2.25. The molecule has 2 aliphatic heterocycles. The predicted octanol–water partition coefficient (Wildman–Crippen LogP) is 3.22. The van der Waals surface area contributed by atoms with E-state index in [-0.39, 0.29) is 12.5 Å². The van der Waals surface area contributed by atoms with E-state index in [1.54, 1.807) is 0 Å². The predicted molar refractivity (Wildman–Crippen MR) is 128 cm³/mol. The van der Waals surface area contributed by atoms with Crippen molar-refractivity contribution in [3.05, 3.63) is 64.7 Å². The van der Waals surface area contributed by atoms with E-state index in [2.05, 4.69) is 47.2 Å². The SMILES string of the molecule is CCN(CC)CCN(CCO)CCc1ccc2c(c1)CO/C2=C1/C(=O)Nc2ccccc21. The van der Waals surface area contributed by atoms with Crippen molar-refractivity contribution in [3.8, 4) is 0 Å². The fourth-order valence-electron chi connectivity index (χ4n) is 4.51. The van der Waals surface area contributed by atoms with Gasteiger partial charge in [0.05, 0.1) is 12.2 Å². The second kappa shape index (κ2) is 10.3. The summed E-state index contributed by atoms with van der Waals surface area (Å²) in [4.78, 5) is 17.3. The number of hydrogen-bond acceptors (Lipinski definition) is 5. The molecule has 0 saturated carbocycles. The third-order valence-corrected chi connectivity index (χ3v) is 6.44. The molecule has 2 heterocycles. The summed E-state index contributed by atoms with van der Waals surface area (Å²) in [6.07, 6.45) is 0.917. The zero-order valence-electron chi connectivity index (χ0n) is 19.1. The number of ether oxygens (including phenoxy) is 1. The van der Waals surface area contributed by atoms with Crippen LogP contribution in [-0.4, -0.2) is 66.7 Å². The summed E-state index contributed by atoms with van der Waals surface area (Å²) in [7, 11) is 0. The molecule has 0 aromatic heterocycles. The van der Waals surface area contributed by atoms with E-state index in [1.807, 2.05) is 24.3 Å². The molecule has 0 spiro atoms. The Balaban J connectivity index is 1.47. The van der Waals surface area contributed by atoms with E-state index >= 15 is 0 Å². The Morgan fingerprint density at radius 2 is 1.75 bits per heavy atom. The van der Waals surface area contributed by atoms with E-state index in [4.69, 9.17) is 4.74 Å². The van der Waals surface area contributed by atoms with Crippen LogP contribution < -0.4 is 5.32 Å². The lowest BCUT2D eigenvalue weighted by atomic mass is 9.98. The first-order chi connectivity index (χ1) is 15.6. The Hall–Kier alpha value is -2.67. The van der Waals surface area contributed by atoms with Crippen molar-refractivity contribution in [2.45, 2.75) is 26.9 Å². The quantitative estimate of drug-likeness (QED) is 0.561. The van der Waals surface area contributed by atoms with Gasteiger partial charge in [0.2, 0.25) is 0 Å². The van der Waals surface area contributed by atoms with Crippen molar-refractivity contribution >= 4 is 22.9 Å². The standard InChI is InChI=1S/C26H33N3O3/c1-3-28(4-2)13-14-29(15-16-30)12-11-19-9-10-21-20(17-19)18-32-25(21)24-22-7-5-6-8-23(22)27-26(24)31/h5-10,17,30H,3-4,11-16,18H2,1-2H3,(H,27,31)/b25-24+. The maximum Gasteiger partial charge on any atom is 0.260 e. The molecule has 0 saturated heterocycles. The van der Waals surface area contributed by atoms with Crippen molar-refractivity contribution in [1.29, 1.82) is 0 Å². The molecule has 2 aromatic rings. The molecule has 0 radical (unpaired) electrons. The van der Waals surface area contributed by atoms with E-state index in [1.165, 1.54) is 5.56 Å². The molecule has 2 aliphatic rings. The largest absolute Gasteiger partial charge is 0.487 e. The van der Waals surface area contributed by atoms with Crippen molar-refractivity contribution in [2.75, 3.05) is 51.2 Å². The number of nitrogens with one attached hydrogen (secondary N) is 1. The van der Waals surface area contributed by atoms with Gasteiger partial charge in [0, 0.05) is 48.6 Å². The molecule has 2 N–H and O–H groups in total. The number of fused-ring (bicyclic) bond motifs is 2. The molecule has 0 unspecified atom stereocenters. The number of para-hydroxylation sites is 1. The Labute approximate surface area is 190 Å². The van der Waals surface area contributed by atoms with Crippen LogP contribution in [-0.2, 0) is 22.6 Å². The highest BCUT2D eigenvalue weighted by Crippen LogP contribution is 2.41. The number of nitrogens with zero attached hydrogens (tertiary/aromatic N) is 2. The number of rotatable bonds is 10. The number of anilines is 1. The summed E-state index contributed by atoms with van der Waals surface area (Å²) in [6.45, 7) is 10.7. The molecule has 170 valence electrons. The van der Waals surface area contributed by atoms with Gasteiger partial charge in [-0.1, -0.05) is 50.2 Å². The first-order valence-corrected chi connectivity index (χ1v) is 11.6. The van der Waals surface area contributed by atoms with Crippen LogP contribution in [0.3, 0.4) is 0 Å². The fraction of sp³-hybridized carbons (Fsp3) is 0.423. The topological polar surface area (TPSA) is 65.0 Å². The molecule has 6 heteroatoms. The van der Waals surface area contributed by atoms with E-state index in [9.17, 15) is 9.90 Å². The highest BCUT2D eigenvalue weighted by atomic mass is 16.5. The highest BCUT2D eigenvalue weighted by molar-refractivity contribution is 6.36. The first kappa shape index (κ1) is 22.5. The third-order valence-electron chi connectivity index (χ3n) is 6.44. The second-order valence-electron chi connectivity index (χ2n) is 8.33. The normalized spacial score (nSPS) is 17.0. The van der Waals surface area contributed by atoms with Crippen LogP contribution in [0.1, 0.15) is 36.1 Å². The Morgan fingerprint density at radius 1 is 0.969 bits per heavy atom. The van der Waals surface area contributed by atoms with E-state index in [0.717, 1.165) is 61.5 Å². The van der Waals surface area contributed by atoms with Crippen molar-refractivity contribution in [1.82, 2.24) is 9.80 Å². The number of amides is 1. The summed E-state index contributed by atoms with van der Waals surface area (Å²) in [5, 5.41) is 12.4. The summed E-state index contributed by atoms with van der Waals surface area (Å²) in [6, 6.07) is 14.1. The van der Waals surface area contributed by atoms with Gasteiger partial charge in [0.15, 0.2) is 0 Å². The van der Waals surface area contributed by atoms with Crippen LogP contribution in [0.25, 0.3) is 11.3 Å². The summed E-state index contributed by atoms with van der Waals surface area (Å²) in [5.41, 5.74) is 5.74. The van der Waals surface area contributed by atoms with Gasteiger partial charge >= 0.3 is 0 Å². The Bertz CT molecular complexity index is 998. The molecule has 2 aromatic carbocycles.